The Morgan fingerprint density at radius 1 is 0.375 bits per heavy atom. The van der Waals surface area contributed by atoms with E-state index in [1.54, 1.807) is 6.92 Å². The normalized spacial score (nSPS) is 10.2. The van der Waals surface area contributed by atoms with Crippen LogP contribution in [0.4, 0.5) is 0 Å². The van der Waals surface area contributed by atoms with E-state index in [9.17, 15) is 53.1 Å². The average Bonchev–Trinajstić information content (AvgIpc) is 2.58. The second-order valence-corrected chi connectivity index (χ2v) is 7.16. The predicted octanol–water partition coefficient (Wildman–Crippen LogP) is -1.22. The molecule has 0 rings (SSSR count). The first-order valence-corrected chi connectivity index (χ1v) is 9.67. The summed E-state index contributed by atoms with van der Waals surface area (Å²) in [7, 11) is 0. The number of carboxylic acid groups (broad SMARTS) is 1. The summed E-state index contributed by atoms with van der Waals surface area (Å²) < 4.78 is 0. The molecule has 0 fully saturated rings. The van der Waals surface area contributed by atoms with Crippen LogP contribution in [-0.4, -0.2) is 58.0 Å². The monoisotopic (exact) mass is 451 g/mol. The van der Waals surface area contributed by atoms with Gasteiger partial charge >= 0.3 is 0 Å². The topological polar surface area (TPSA) is 194 Å². The van der Waals surface area contributed by atoms with Gasteiger partial charge in [0.05, 0.1) is 51.4 Å². The number of ketones is 9. The lowest BCUT2D eigenvalue weighted by Crippen LogP contribution is -2.26. The molecule has 0 aliphatic heterocycles. The van der Waals surface area contributed by atoms with Crippen LogP contribution in [0.3, 0.4) is 0 Å². The van der Waals surface area contributed by atoms with Gasteiger partial charge in [0.25, 0.3) is 0 Å². The zero-order valence-electron chi connectivity index (χ0n) is 17.6. The summed E-state index contributed by atoms with van der Waals surface area (Å²) in [5, 5.41) is 10.2. The summed E-state index contributed by atoms with van der Waals surface area (Å²) in [6.07, 6.45) is -6.50. The van der Waals surface area contributed by atoms with Crippen LogP contribution in [0, 0.1) is 0 Å². The minimum absolute atomic E-state index is 0.138. The van der Waals surface area contributed by atoms with Gasteiger partial charge in [0.1, 0.15) is 52.0 Å². The van der Waals surface area contributed by atoms with Crippen molar-refractivity contribution >= 4 is 58.0 Å². The van der Waals surface area contributed by atoms with E-state index in [-0.39, 0.29) is 12.2 Å². The van der Waals surface area contributed by atoms with Gasteiger partial charge in [0.2, 0.25) is 0 Å². The number of hydrogen-bond donors (Lipinski definition) is 0. The summed E-state index contributed by atoms with van der Waals surface area (Å²) in [6.45, 7) is 1.56. The minimum Gasteiger partial charge on any atom is -0.550 e. The van der Waals surface area contributed by atoms with Crippen molar-refractivity contribution < 1.29 is 53.1 Å². The molecule has 0 N–H and O–H groups in total. The van der Waals surface area contributed by atoms with Crippen molar-refractivity contribution in [2.45, 2.75) is 71.1 Å². The second kappa shape index (κ2) is 14.5. The molecule has 0 spiro atoms. The zero-order chi connectivity index (χ0) is 24.8. The largest absolute Gasteiger partial charge is 0.550 e. The smallest absolute Gasteiger partial charge is 0.147 e. The minimum atomic E-state index is -1.67. The van der Waals surface area contributed by atoms with E-state index < -0.39 is 110 Å². The molecule has 0 saturated carbocycles. The van der Waals surface area contributed by atoms with E-state index in [1.807, 2.05) is 0 Å². The van der Waals surface area contributed by atoms with Crippen molar-refractivity contribution in [2.75, 3.05) is 0 Å². The lowest BCUT2D eigenvalue weighted by Gasteiger charge is -2.03. The van der Waals surface area contributed by atoms with E-state index in [0.717, 1.165) is 0 Å². The second-order valence-electron chi connectivity index (χ2n) is 7.16. The molecule has 0 aromatic rings. The summed E-state index contributed by atoms with van der Waals surface area (Å²) in [6, 6.07) is 0. The molecular weight excluding hydrogens is 428 g/mol. The quantitative estimate of drug-likeness (QED) is 0.214. The van der Waals surface area contributed by atoms with Gasteiger partial charge in [-0.15, -0.1) is 0 Å². The first-order chi connectivity index (χ1) is 14.8. The highest BCUT2D eigenvalue weighted by atomic mass is 16.4. The summed E-state index contributed by atoms with van der Waals surface area (Å²) in [5.41, 5.74) is 0. The van der Waals surface area contributed by atoms with Crippen LogP contribution in [-0.2, 0) is 47.9 Å². The molecule has 32 heavy (non-hydrogen) atoms. The van der Waals surface area contributed by atoms with Crippen LogP contribution >= 0.6 is 0 Å². The van der Waals surface area contributed by atoms with Gasteiger partial charge in [-0.2, -0.15) is 0 Å². The Hall–Kier alpha value is -3.50. The SMILES string of the molecule is CCC(=O)CC(=O)CC(=O)CC(=O)CC(=O)CC(=O)CC(=O)CC(=O)CC(=O)CC(=O)[O-]. The Morgan fingerprint density at radius 3 is 0.750 bits per heavy atom. The maximum Gasteiger partial charge on any atom is 0.147 e. The molecule has 11 heteroatoms. The molecular formula is C21H23O11-. The van der Waals surface area contributed by atoms with Crippen LogP contribution in [0.1, 0.15) is 71.1 Å². The van der Waals surface area contributed by atoms with Crippen molar-refractivity contribution in [3.63, 3.8) is 0 Å². The molecule has 0 saturated heterocycles. The molecule has 0 heterocycles. The number of Topliss-reactive ketones (excluding diaryl/α,β-unsaturated/α-hetero) is 9. The van der Waals surface area contributed by atoms with Gasteiger partial charge in [-0.25, -0.2) is 0 Å². The highest BCUT2D eigenvalue weighted by molar-refractivity contribution is 6.18. The Bertz CT molecular complexity index is 848. The van der Waals surface area contributed by atoms with Crippen molar-refractivity contribution in [1.82, 2.24) is 0 Å². The fourth-order valence-electron chi connectivity index (χ4n) is 2.55. The van der Waals surface area contributed by atoms with Gasteiger partial charge in [-0.05, 0) is 0 Å². The van der Waals surface area contributed by atoms with E-state index in [1.165, 1.54) is 0 Å². The number of rotatable bonds is 19. The van der Waals surface area contributed by atoms with Crippen molar-refractivity contribution in [3.05, 3.63) is 0 Å². The third-order valence-electron chi connectivity index (χ3n) is 3.89. The molecule has 0 aliphatic carbocycles. The molecule has 0 radical (unpaired) electrons. The third kappa shape index (κ3) is 14.5. The fraction of sp³-hybridized carbons (Fsp3) is 0.524. The van der Waals surface area contributed by atoms with Crippen molar-refractivity contribution in [2.24, 2.45) is 0 Å². The molecule has 0 aliphatic rings. The van der Waals surface area contributed by atoms with Gasteiger partial charge in [-0.1, -0.05) is 6.92 Å². The number of carbonyl (C=O) groups is 10. The van der Waals surface area contributed by atoms with E-state index in [0.29, 0.717) is 0 Å². The summed E-state index contributed by atoms with van der Waals surface area (Å²) in [4.78, 5) is 114. The van der Waals surface area contributed by atoms with Gasteiger partial charge in [0, 0.05) is 18.8 Å². The molecule has 0 amide bonds. The Balaban J connectivity index is 4.32. The van der Waals surface area contributed by atoms with Crippen LogP contribution in [0.2, 0.25) is 0 Å². The molecule has 0 bridgehead atoms. The fourth-order valence-corrected chi connectivity index (χ4v) is 2.55. The van der Waals surface area contributed by atoms with E-state index >= 15 is 0 Å². The summed E-state index contributed by atoms with van der Waals surface area (Å²) >= 11 is 0. The van der Waals surface area contributed by atoms with Crippen molar-refractivity contribution in [1.29, 1.82) is 0 Å². The molecule has 0 aromatic carbocycles. The Morgan fingerprint density at radius 2 is 0.562 bits per heavy atom. The molecule has 0 atom stereocenters. The third-order valence-corrected chi connectivity index (χ3v) is 3.89. The molecule has 0 aromatic heterocycles. The molecule has 174 valence electrons. The average molecular weight is 451 g/mol. The van der Waals surface area contributed by atoms with Gasteiger partial charge in [-0.3, -0.25) is 43.2 Å². The molecule has 0 unspecified atom stereocenters. The van der Waals surface area contributed by atoms with Crippen molar-refractivity contribution in [3.8, 4) is 0 Å². The highest BCUT2D eigenvalue weighted by Crippen LogP contribution is 2.05. The Kier molecular flexibility index (Phi) is 12.9. The first kappa shape index (κ1) is 28.5. The lowest BCUT2D eigenvalue weighted by molar-refractivity contribution is -0.304. The van der Waals surface area contributed by atoms with Gasteiger partial charge in [0.15, 0.2) is 0 Å². The van der Waals surface area contributed by atoms with E-state index in [2.05, 4.69) is 0 Å². The lowest BCUT2D eigenvalue weighted by atomic mass is 9.99. The number of carbonyl (C=O) groups excluding carboxylic acids is 10. The van der Waals surface area contributed by atoms with Crippen LogP contribution in [0.5, 0.6) is 0 Å². The van der Waals surface area contributed by atoms with Crippen LogP contribution in [0.25, 0.3) is 0 Å². The number of hydrogen-bond acceptors (Lipinski definition) is 11. The maximum absolute atomic E-state index is 11.8. The standard InChI is InChI=1S/C21H24O11/c1-2-12(22)3-13(23)4-14(24)5-15(25)6-16(26)7-17(27)8-18(28)9-19(29)10-20(30)11-21(31)32/h2-11H2,1H3,(H,31,32)/p-1. The number of aliphatic carboxylic acids is 1. The predicted molar refractivity (Wildman–Crippen MR) is 102 cm³/mol. The van der Waals surface area contributed by atoms with Gasteiger partial charge < -0.3 is 9.90 Å². The molecule has 11 nitrogen and oxygen atoms in total. The summed E-state index contributed by atoms with van der Waals surface area (Å²) in [5.74, 6) is -8.67. The zero-order valence-corrected chi connectivity index (χ0v) is 17.6. The maximum atomic E-state index is 11.8. The van der Waals surface area contributed by atoms with Crippen LogP contribution < -0.4 is 5.11 Å². The van der Waals surface area contributed by atoms with Crippen LogP contribution in [0.15, 0.2) is 0 Å². The number of carboxylic acids is 1. The van der Waals surface area contributed by atoms with E-state index in [4.69, 9.17) is 0 Å². The Labute approximate surface area is 182 Å². The first-order valence-electron chi connectivity index (χ1n) is 9.67. The highest BCUT2D eigenvalue weighted by Gasteiger charge is 2.21.